The zero-order valence-corrected chi connectivity index (χ0v) is 15.2. The molecule has 0 saturated heterocycles. The summed E-state index contributed by atoms with van der Waals surface area (Å²) < 4.78 is 0. The van der Waals surface area contributed by atoms with Gasteiger partial charge >= 0.3 is 0 Å². The molecule has 2 atom stereocenters. The van der Waals surface area contributed by atoms with Crippen LogP contribution in [0.3, 0.4) is 0 Å². The van der Waals surface area contributed by atoms with E-state index in [2.05, 4.69) is 17.6 Å². The highest BCUT2D eigenvalue weighted by Gasteiger charge is 2.47. The fourth-order valence-corrected chi connectivity index (χ4v) is 3.39. The third-order valence-electron chi connectivity index (χ3n) is 4.98. The highest BCUT2D eigenvalue weighted by Crippen LogP contribution is 2.44. The van der Waals surface area contributed by atoms with Gasteiger partial charge in [0.05, 0.1) is 17.6 Å². The molecule has 6 nitrogen and oxygen atoms in total. The van der Waals surface area contributed by atoms with E-state index in [9.17, 15) is 15.2 Å². The van der Waals surface area contributed by atoms with Crippen LogP contribution in [0.25, 0.3) is 5.76 Å². The number of carbonyl (C=O) groups excluding carboxylic acids is 1. The molecule has 27 heavy (non-hydrogen) atoms. The van der Waals surface area contributed by atoms with E-state index in [1.807, 2.05) is 13.0 Å². The van der Waals surface area contributed by atoms with Crippen molar-refractivity contribution in [3.8, 4) is 6.07 Å². The first-order valence-corrected chi connectivity index (χ1v) is 8.39. The molecule has 0 fully saturated rings. The van der Waals surface area contributed by atoms with E-state index in [4.69, 9.17) is 5.73 Å². The fraction of sp³-hybridized carbons (Fsp3) is 0.190. The normalized spacial score (nSPS) is 22.1. The Labute approximate surface area is 157 Å². The van der Waals surface area contributed by atoms with Gasteiger partial charge in [0.2, 0.25) is 5.91 Å². The molecule has 1 heterocycles. The number of hydrogen-bond acceptors (Lipinski definition) is 5. The molecule has 0 unspecified atom stereocenters. The van der Waals surface area contributed by atoms with Gasteiger partial charge in [-0.15, -0.1) is 0 Å². The molecule has 2 aromatic rings. The van der Waals surface area contributed by atoms with Crippen molar-refractivity contribution in [2.24, 2.45) is 10.7 Å². The zero-order chi connectivity index (χ0) is 19.8. The number of aliphatic hydroxyl groups excluding tert-OH is 1. The average Bonchev–Trinajstić information content (AvgIpc) is 2.66. The molecule has 0 bridgehead atoms. The van der Waals surface area contributed by atoms with Crippen LogP contribution in [0.5, 0.6) is 0 Å². The number of nitriles is 1. The third-order valence-corrected chi connectivity index (χ3v) is 4.98. The quantitative estimate of drug-likeness (QED) is 0.822. The van der Waals surface area contributed by atoms with E-state index in [1.54, 1.807) is 49.5 Å². The largest absolute Gasteiger partial charge is 0.508 e. The Morgan fingerprint density at radius 1 is 1.33 bits per heavy atom. The third kappa shape index (κ3) is 3.04. The second-order valence-corrected chi connectivity index (χ2v) is 6.71. The number of aliphatic imine (C=N–C) groups is 1. The van der Waals surface area contributed by atoms with Crippen molar-refractivity contribution in [3.63, 3.8) is 0 Å². The fourth-order valence-electron chi connectivity index (χ4n) is 3.39. The van der Waals surface area contributed by atoms with Crippen LogP contribution in [0.2, 0.25) is 0 Å². The number of carbonyl (C=O) groups is 1. The number of benzene rings is 2. The Hall–Kier alpha value is -3.59. The van der Waals surface area contributed by atoms with Crippen molar-refractivity contribution >= 4 is 17.6 Å². The van der Waals surface area contributed by atoms with Crippen LogP contribution in [-0.4, -0.2) is 28.9 Å². The molecule has 3 N–H and O–H groups in total. The van der Waals surface area contributed by atoms with Gasteiger partial charge < -0.3 is 10.8 Å². The topological polar surface area (TPSA) is 103 Å². The first-order chi connectivity index (χ1) is 12.8. The van der Waals surface area contributed by atoms with Crippen LogP contribution in [0.15, 0.2) is 60.1 Å². The number of hydrogen-bond donors (Lipinski definition) is 2. The summed E-state index contributed by atoms with van der Waals surface area (Å²) >= 11 is 0. The maximum absolute atomic E-state index is 13.1. The average molecular weight is 360 g/mol. The highest BCUT2D eigenvalue weighted by molar-refractivity contribution is 6.02. The summed E-state index contributed by atoms with van der Waals surface area (Å²) in [5.41, 5.74) is 7.55. The maximum atomic E-state index is 13.1. The summed E-state index contributed by atoms with van der Waals surface area (Å²) in [7, 11) is 1.59. The highest BCUT2D eigenvalue weighted by atomic mass is 16.3. The van der Waals surface area contributed by atoms with Crippen molar-refractivity contribution in [1.82, 2.24) is 4.90 Å². The van der Waals surface area contributed by atoms with Gasteiger partial charge in [0.1, 0.15) is 11.3 Å². The number of amides is 1. The summed E-state index contributed by atoms with van der Waals surface area (Å²) in [6.07, 6.45) is 0. The summed E-state index contributed by atoms with van der Waals surface area (Å²) in [4.78, 5) is 19.1. The Kier molecular flexibility index (Phi) is 4.46. The summed E-state index contributed by atoms with van der Waals surface area (Å²) in [5, 5.41) is 18.8. The van der Waals surface area contributed by atoms with Gasteiger partial charge in [-0.2, -0.15) is 5.26 Å². The summed E-state index contributed by atoms with van der Waals surface area (Å²) in [6.45, 7) is 5.35. The van der Waals surface area contributed by atoms with Crippen LogP contribution >= 0.6 is 0 Å². The lowest BCUT2D eigenvalue weighted by atomic mass is 9.74. The van der Waals surface area contributed by atoms with E-state index in [-0.39, 0.29) is 17.6 Å². The maximum Gasteiger partial charge on any atom is 0.239 e. The minimum atomic E-state index is -0.974. The molecule has 1 aliphatic heterocycles. The van der Waals surface area contributed by atoms with E-state index in [1.165, 1.54) is 4.90 Å². The van der Waals surface area contributed by atoms with Gasteiger partial charge in [-0.05, 0) is 30.2 Å². The molecule has 2 aromatic carbocycles. The predicted octanol–water partition coefficient (Wildman–Crippen LogP) is 2.87. The summed E-state index contributed by atoms with van der Waals surface area (Å²) in [5.74, 6) is -0.741. The van der Waals surface area contributed by atoms with Crippen LogP contribution in [-0.2, 0) is 10.3 Å². The van der Waals surface area contributed by atoms with E-state index in [0.717, 1.165) is 11.1 Å². The Morgan fingerprint density at radius 3 is 2.59 bits per heavy atom. The van der Waals surface area contributed by atoms with Crippen LogP contribution < -0.4 is 5.73 Å². The van der Waals surface area contributed by atoms with Crippen molar-refractivity contribution in [3.05, 3.63) is 77.4 Å². The van der Waals surface area contributed by atoms with Gasteiger partial charge in [-0.25, -0.2) is 4.99 Å². The van der Waals surface area contributed by atoms with Crippen molar-refractivity contribution in [2.75, 3.05) is 7.05 Å². The molecule has 6 heteroatoms. The van der Waals surface area contributed by atoms with Crippen LogP contribution in [0.1, 0.15) is 35.1 Å². The lowest BCUT2D eigenvalue weighted by molar-refractivity contribution is -0.130. The van der Waals surface area contributed by atoms with Gasteiger partial charge in [-0.1, -0.05) is 43.0 Å². The number of rotatable bonds is 3. The van der Waals surface area contributed by atoms with E-state index in [0.29, 0.717) is 11.1 Å². The molecule has 0 aromatic heterocycles. The molecule has 0 radical (unpaired) electrons. The number of guanidine groups is 1. The smallest absolute Gasteiger partial charge is 0.239 e. The first kappa shape index (κ1) is 18.2. The molecule has 0 spiro atoms. The molecular weight excluding hydrogens is 340 g/mol. The molecule has 0 saturated carbocycles. The van der Waals surface area contributed by atoms with E-state index < -0.39 is 11.5 Å². The summed E-state index contributed by atoms with van der Waals surface area (Å²) in [6, 6.07) is 16.1. The number of nitrogens with zero attached hydrogens (tertiary/aromatic N) is 3. The SMILES string of the molecule is C=C(O)c1ccc([C@H]2C(=O)N(C)C(N)=N[C@]2(C)c2cccc(C#N)c2)cc1. The number of aliphatic hydroxyl groups is 1. The Bertz CT molecular complexity index is 988. The second kappa shape index (κ2) is 6.61. The van der Waals surface area contributed by atoms with Crippen molar-refractivity contribution < 1.29 is 9.90 Å². The molecule has 136 valence electrons. The standard InChI is InChI=1S/C21H20N4O2/c1-13(26)15-7-9-16(10-8-15)18-19(27)25(3)20(23)24-21(18,2)17-6-4-5-14(11-17)12-22/h4-11,18,26H,1H2,2-3H3,(H2,23,24)/t18-,21+/m0/s1. The van der Waals surface area contributed by atoms with Gasteiger partial charge in [0.15, 0.2) is 5.96 Å². The first-order valence-electron chi connectivity index (χ1n) is 8.39. The van der Waals surface area contributed by atoms with E-state index >= 15 is 0 Å². The van der Waals surface area contributed by atoms with Gasteiger partial charge in [-0.3, -0.25) is 9.69 Å². The van der Waals surface area contributed by atoms with Gasteiger partial charge in [0.25, 0.3) is 0 Å². The molecular formula is C21H20N4O2. The lowest BCUT2D eigenvalue weighted by Crippen LogP contribution is -2.52. The Balaban J connectivity index is 2.19. The van der Waals surface area contributed by atoms with Gasteiger partial charge in [0, 0.05) is 12.6 Å². The minimum Gasteiger partial charge on any atom is -0.508 e. The second-order valence-electron chi connectivity index (χ2n) is 6.71. The molecule has 0 aliphatic carbocycles. The number of likely N-dealkylation sites (N-methyl/N-ethyl adjacent to an activating group) is 1. The van der Waals surface area contributed by atoms with Crippen molar-refractivity contribution in [2.45, 2.75) is 18.4 Å². The minimum absolute atomic E-state index is 0.0413. The molecule has 1 aliphatic rings. The zero-order valence-electron chi connectivity index (χ0n) is 15.2. The number of nitrogens with two attached hydrogens (primary N) is 1. The monoisotopic (exact) mass is 360 g/mol. The van der Waals surface area contributed by atoms with Crippen LogP contribution in [0.4, 0.5) is 0 Å². The molecule has 3 rings (SSSR count). The van der Waals surface area contributed by atoms with Crippen LogP contribution in [0, 0.1) is 11.3 Å². The van der Waals surface area contributed by atoms with Crippen molar-refractivity contribution in [1.29, 1.82) is 5.26 Å². The molecule has 1 amide bonds. The predicted molar refractivity (Wildman–Crippen MR) is 104 cm³/mol. The Morgan fingerprint density at radius 2 is 2.00 bits per heavy atom. The lowest BCUT2D eigenvalue weighted by Gasteiger charge is -2.41.